The van der Waals surface area contributed by atoms with Crippen molar-refractivity contribution in [1.82, 2.24) is 15.1 Å². The van der Waals surface area contributed by atoms with E-state index in [4.69, 9.17) is 4.74 Å². The lowest BCUT2D eigenvalue weighted by molar-refractivity contribution is 0.0277. The normalized spacial score (nSPS) is 17.8. The van der Waals surface area contributed by atoms with Crippen LogP contribution in [0.2, 0.25) is 0 Å². The molecular formula is C20H21N3O. The van der Waals surface area contributed by atoms with Crippen molar-refractivity contribution in [2.75, 3.05) is 19.7 Å². The minimum Gasteiger partial charge on any atom is -0.371 e. The summed E-state index contributed by atoms with van der Waals surface area (Å²) < 4.78 is 7.72. The van der Waals surface area contributed by atoms with Gasteiger partial charge in [-0.2, -0.15) is 5.10 Å². The van der Waals surface area contributed by atoms with Gasteiger partial charge < -0.3 is 10.1 Å². The van der Waals surface area contributed by atoms with E-state index >= 15 is 0 Å². The molecule has 1 aromatic heterocycles. The lowest BCUT2D eigenvalue weighted by Gasteiger charge is -2.24. The molecule has 1 aliphatic rings. The van der Waals surface area contributed by atoms with Gasteiger partial charge in [0.1, 0.15) is 0 Å². The van der Waals surface area contributed by atoms with Crippen LogP contribution < -0.4 is 5.32 Å². The predicted molar refractivity (Wildman–Crippen MR) is 94.4 cm³/mol. The van der Waals surface area contributed by atoms with Crippen LogP contribution in [0.25, 0.3) is 5.69 Å². The van der Waals surface area contributed by atoms with E-state index in [1.165, 1.54) is 11.1 Å². The van der Waals surface area contributed by atoms with Gasteiger partial charge in [0, 0.05) is 25.7 Å². The molecule has 1 N–H and O–H groups in total. The summed E-state index contributed by atoms with van der Waals surface area (Å²) in [7, 11) is 0. The quantitative estimate of drug-likeness (QED) is 0.803. The number of aromatic nitrogens is 2. The molecule has 0 aliphatic carbocycles. The zero-order valence-corrected chi connectivity index (χ0v) is 13.6. The topological polar surface area (TPSA) is 39.1 Å². The molecule has 2 aromatic carbocycles. The third-order valence-corrected chi connectivity index (χ3v) is 4.33. The van der Waals surface area contributed by atoms with Crippen molar-refractivity contribution in [2.24, 2.45) is 0 Å². The molecular weight excluding hydrogens is 298 g/mol. The summed E-state index contributed by atoms with van der Waals surface area (Å²) in [4.78, 5) is 0. The van der Waals surface area contributed by atoms with Crippen LogP contribution in [-0.2, 0) is 11.2 Å². The highest BCUT2D eigenvalue weighted by Gasteiger charge is 2.15. The van der Waals surface area contributed by atoms with Crippen LogP contribution in [-0.4, -0.2) is 29.5 Å². The van der Waals surface area contributed by atoms with E-state index in [1.54, 1.807) is 0 Å². The largest absolute Gasteiger partial charge is 0.371 e. The Hall–Kier alpha value is -2.43. The number of nitrogens with zero attached hydrogens (tertiary/aromatic N) is 2. The van der Waals surface area contributed by atoms with Gasteiger partial charge in [0.05, 0.1) is 24.1 Å². The van der Waals surface area contributed by atoms with Crippen LogP contribution in [0.3, 0.4) is 0 Å². The number of hydrogen-bond donors (Lipinski definition) is 1. The lowest BCUT2D eigenvalue weighted by atomic mass is 10.0. The van der Waals surface area contributed by atoms with Gasteiger partial charge in [-0.25, -0.2) is 4.68 Å². The molecule has 0 saturated carbocycles. The van der Waals surface area contributed by atoms with Crippen molar-refractivity contribution < 1.29 is 4.74 Å². The zero-order valence-electron chi connectivity index (χ0n) is 13.6. The third kappa shape index (κ3) is 3.40. The summed E-state index contributed by atoms with van der Waals surface area (Å²) in [5.74, 6) is 0. The highest BCUT2D eigenvalue weighted by Crippen LogP contribution is 2.20. The van der Waals surface area contributed by atoms with Crippen LogP contribution in [0, 0.1) is 0 Å². The van der Waals surface area contributed by atoms with E-state index < -0.39 is 0 Å². The number of hydrogen-bond acceptors (Lipinski definition) is 3. The van der Waals surface area contributed by atoms with E-state index in [2.05, 4.69) is 52.9 Å². The third-order valence-electron chi connectivity index (χ3n) is 4.33. The van der Waals surface area contributed by atoms with Gasteiger partial charge in [-0.05, 0) is 29.3 Å². The molecule has 4 nitrogen and oxygen atoms in total. The second-order valence-corrected chi connectivity index (χ2v) is 6.07. The minimum atomic E-state index is 0.171. The second-order valence-electron chi connectivity index (χ2n) is 6.07. The standard InChI is InChI=1S/C20H21N3O/c1-2-4-19(5-3-1)23-12-10-18(22-23)14-16-6-8-17(9-7-16)20-15-21-11-13-24-20/h1-10,12,20-21H,11,13-15H2/t20-/m1/s1. The number of morpholine rings is 1. The van der Waals surface area contributed by atoms with Crippen molar-refractivity contribution in [3.63, 3.8) is 0 Å². The smallest absolute Gasteiger partial charge is 0.0949 e. The molecule has 1 aliphatic heterocycles. The Morgan fingerprint density at radius 1 is 1.04 bits per heavy atom. The first kappa shape index (κ1) is 15.1. The molecule has 24 heavy (non-hydrogen) atoms. The Balaban J connectivity index is 1.45. The fourth-order valence-corrected chi connectivity index (χ4v) is 3.02. The van der Waals surface area contributed by atoms with Crippen LogP contribution in [0.1, 0.15) is 22.9 Å². The molecule has 2 heterocycles. The highest BCUT2D eigenvalue weighted by molar-refractivity contribution is 5.32. The van der Waals surface area contributed by atoms with Gasteiger partial charge in [-0.3, -0.25) is 0 Å². The maximum absolute atomic E-state index is 5.80. The molecule has 4 heteroatoms. The first-order valence-electron chi connectivity index (χ1n) is 8.39. The number of benzene rings is 2. The van der Waals surface area contributed by atoms with Crippen molar-refractivity contribution in [1.29, 1.82) is 0 Å². The summed E-state index contributed by atoms with van der Waals surface area (Å²) in [6.45, 7) is 2.61. The zero-order chi connectivity index (χ0) is 16.2. The summed E-state index contributed by atoms with van der Waals surface area (Å²) in [6, 6.07) is 20.9. The molecule has 4 rings (SSSR count). The molecule has 0 amide bonds. The minimum absolute atomic E-state index is 0.171. The van der Waals surface area contributed by atoms with Crippen LogP contribution in [0.4, 0.5) is 0 Å². The Kier molecular flexibility index (Phi) is 4.40. The van der Waals surface area contributed by atoms with Crippen LogP contribution in [0.5, 0.6) is 0 Å². The Morgan fingerprint density at radius 3 is 2.62 bits per heavy atom. The van der Waals surface area contributed by atoms with Gasteiger partial charge in [-0.1, -0.05) is 42.5 Å². The molecule has 1 fully saturated rings. The predicted octanol–water partition coefficient (Wildman–Crippen LogP) is 3.12. The molecule has 0 bridgehead atoms. The average molecular weight is 319 g/mol. The first-order chi connectivity index (χ1) is 11.9. The Labute approximate surface area is 142 Å². The van der Waals surface area contributed by atoms with Crippen molar-refractivity contribution in [3.05, 3.63) is 83.7 Å². The van der Waals surface area contributed by atoms with Crippen molar-refractivity contribution in [3.8, 4) is 5.69 Å². The fourth-order valence-electron chi connectivity index (χ4n) is 3.02. The van der Waals surface area contributed by atoms with Gasteiger partial charge in [0.2, 0.25) is 0 Å². The van der Waals surface area contributed by atoms with Gasteiger partial charge >= 0.3 is 0 Å². The molecule has 0 spiro atoms. The Bertz CT molecular complexity index is 774. The fraction of sp³-hybridized carbons (Fsp3) is 0.250. The SMILES string of the molecule is c1ccc(-n2ccc(Cc3ccc([C@H]4CNCCO4)cc3)n2)cc1. The van der Waals surface area contributed by atoms with Gasteiger partial charge in [-0.15, -0.1) is 0 Å². The maximum Gasteiger partial charge on any atom is 0.0949 e. The van der Waals surface area contributed by atoms with E-state index in [1.807, 2.05) is 29.1 Å². The summed E-state index contributed by atoms with van der Waals surface area (Å²) in [6.07, 6.45) is 3.02. The molecule has 3 aromatic rings. The van der Waals surface area contributed by atoms with Crippen LogP contribution >= 0.6 is 0 Å². The average Bonchev–Trinajstić information content (AvgIpc) is 3.12. The Morgan fingerprint density at radius 2 is 1.88 bits per heavy atom. The maximum atomic E-state index is 5.80. The monoisotopic (exact) mass is 319 g/mol. The van der Waals surface area contributed by atoms with Gasteiger partial charge in [0.25, 0.3) is 0 Å². The molecule has 122 valence electrons. The van der Waals surface area contributed by atoms with E-state index in [0.29, 0.717) is 0 Å². The summed E-state index contributed by atoms with van der Waals surface area (Å²) in [5.41, 5.74) is 4.66. The molecule has 1 atom stereocenters. The van der Waals surface area contributed by atoms with E-state index in [0.717, 1.165) is 37.5 Å². The highest BCUT2D eigenvalue weighted by atomic mass is 16.5. The number of nitrogens with one attached hydrogen (secondary N) is 1. The molecule has 1 saturated heterocycles. The number of ether oxygens (including phenoxy) is 1. The lowest BCUT2D eigenvalue weighted by Crippen LogP contribution is -2.33. The van der Waals surface area contributed by atoms with Crippen molar-refractivity contribution in [2.45, 2.75) is 12.5 Å². The van der Waals surface area contributed by atoms with E-state index in [-0.39, 0.29) is 6.10 Å². The van der Waals surface area contributed by atoms with Gasteiger partial charge in [0.15, 0.2) is 0 Å². The summed E-state index contributed by atoms with van der Waals surface area (Å²) in [5, 5.41) is 8.04. The first-order valence-corrected chi connectivity index (χ1v) is 8.39. The number of para-hydroxylation sites is 1. The van der Waals surface area contributed by atoms with Crippen LogP contribution in [0.15, 0.2) is 66.9 Å². The second kappa shape index (κ2) is 6.99. The van der Waals surface area contributed by atoms with Crippen molar-refractivity contribution >= 4 is 0 Å². The number of rotatable bonds is 4. The molecule has 0 radical (unpaired) electrons. The summed E-state index contributed by atoms with van der Waals surface area (Å²) >= 11 is 0. The molecule has 0 unspecified atom stereocenters. The van der Waals surface area contributed by atoms with E-state index in [9.17, 15) is 0 Å².